The molecule has 4 aliphatic rings. The normalized spacial score (nSPS) is 38.7. The van der Waals surface area contributed by atoms with E-state index in [0.717, 1.165) is 49.5 Å². The molecule has 0 spiro atoms. The molecule has 0 saturated heterocycles. The first kappa shape index (κ1) is 32.6. The maximum Gasteiger partial charge on any atom is 0.190 e. The number of aliphatic hydroxyl groups excluding tert-OH is 2. The van der Waals surface area contributed by atoms with E-state index in [1.165, 1.54) is 44.1 Å². The number of aliphatic hydroxyl groups is 3. The van der Waals surface area contributed by atoms with Gasteiger partial charge in [-0.15, -0.1) is 0 Å². The van der Waals surface area contributed by atoms with Gasteiger partial charge in [0.05, 0.1) is 6.10 Å². The molecule has 4 aliphatic carbocycles. The average molecular weight is 571 g/mol. The predicted octanol–water partition coefficient (Wildman–Crippen LogP) is 6.98. The standard InChI is InChI=1S/C36H58O5/c1-7-23(2)10-8-11-24(3)12-9-13-25(4)18-27-20-28(38)19-26-14-15-29-30-16-17-36(41,32(40)22-37)34(30,5)21-31(39)33(29)35(26,27)6/h19-20,23-25,29-31,33,37,39,41H,7-18,21-22H2,1-6H3/t23?,24?,25?,29-,30-,31-,33+,34-,35+,36-/m0/s1. The van der Waals surface area contributed by atoms with E-state index in [4.69, 9.17) is 0 Å². The molecule has 3 fully saturated rings. The molecule has 3 unspecified atom stereocenters. The van der Waals surface area contributed by atoms with Crippen LogP contribution in [-0.4, -0.2) is 45.2 Å². The number of fused-ring (bicyclic) bond motifs is 5. The van der Waals surface area contributed by atoms with E-state index in [0.29, 0.717) is 18.8 Å². The summed E-state index contributed by atoms with van der Waals surface area (Å²) in [4.78, 5) is 25.6. The first-order chi connectivity index (χ1) is 19.3. The lowest BCUT2D eigenvalue weighted by molar-refractivity contribution is -0.179. The Kier molecular flexibility index (Phi) is 10.1. The van der Waals surface area contributed by atoms with Crippen molar-refractivity contribution < 1.29 is 24.9 Å². The molecule has 41 heavy (non-hydrogen) atoms. The quantitative estimate of drug-likeness (QED) is 0.222. The molecule has 0 amide bonds. The van der Waals surface area contributed by atoms with Gasteiger partial charge in [0.1, 0.15) is 12.2 Å². The Morgan fingerprint density at radius 2 is 1.63 bits per heavy atom. The molecule has 5 heteroatoms. The van der Waals surface area contributed by atoms with E-state index in [9.17, 15) is 24.9 Å². The van der Waals surface area contributed by atoms with Crippen molar-refractivity contribution in [1.82, 2.24) is 0 Å². The van der Waals surface area contributed by atoms with Gasteiger partial charge in [-0.25, -0.2) is 0 Å². The Labute approximate surface area is 249 Å². The van der Waals surface area contributed by atoms with Gasteiger partial charge in [-0.3, -0.25) is 9.59 Å². The molecule has 0 aliphatic heterocycles. The third kappa shape index (κ3) is 5.94. The van der Waals surface area contributed by atoms with Crippen LogP contribution in [-0.2, 0) is 9.59 Å². The first-order valence-corrected chi connectivity index (χ1v) is 16.8. The van der Waals surface area contributed by atoms with E-state index < -0.39 is 29.5 Å². The molecular formula is C36H58O5. The highest BCUT2D eigenvalue weighted by Crippen LogP contribution is 2.68. The summed E-state index contributed by atoms with van der Waals surface area (Å²) in [5.74, 6) is 1.83. The van der Waals surface area contributed by atoms with Gasteiger partial charge in [0, 0.05) is 16.7 Å². The van der Waals surface area contributed by atoms with Crippen LogP contribution < -0.4 is 0 Å². The number of allylic oxidation sites excluding steroid dienone is 4. The number of Topliss-reactive ketones (excluding diaryl/α,β-unsaturated/α-hetero) is 1. The smallest absolute Gasteiger partial charge is 0.190 e. The zero-order valence-electron chi connectivity index (χ0n) is 26.8. The minimum absolute atomic E-state index is 0.0377. The van der Waals surface area contributed by atoms with Crippen molar-refractivity contribution in [1.29, 1.82) is 0 Å². The molecule has 10 atom stereocenters. The van der Waals surface area contributed by atoms with E-state index >= 15 is 0 Å². The monoisotopic (exact) mass is 570 g/mol. The number of hydrogen-bond donors (Lipinski definition) is 3. The second-order valence-corrected chi connectivity index (χ2v) is 15.2. The Morgan fingerprint density at radius 3 is 2.27 bits per heavy atom. The molecule has 0 bridgehead atoms. The highest BCUT2D eigenvalue weighted by Gasteiger charge is 2.68. The summed E-state index contributed by atoms with van der Waals surface area (Å²) in [6.07, 6.45) is 15.8. The number of carbonyl (C=O) groups is 2. The molecule has 4 rings (SSSR count). The van der Waals surface area contributed by atoms with Crippen LogP contribution in [0.5, 0.6) is 0 Å². The lowest BCUT2D eigenvalue weighted by atomic mass is 9.44. The molecule has 0 heterocycles. The van der Waals surface area contributed by atoms with Gasteiger partial charge < -0.3 is 15.3 Å². The minimum Gasteiger partial charge on any atom is -0.393 e. The van der Waals surface area contributed by atoms with Crippen molar-refractivity contribution in [2.75, 3.05) is 6.61 Å². The second-order valence-electron chi connectivity index (χ2n) is 15.2. The van der Waals surface area contributed by atoms with Crippen molar-refractivity contribution in [3.05, 3.63) is 23.3 Å². The van der Waals surface area contributed by atoms with E-state index in [-0.39, 0.29) is 29.0 Å². The van der Waals surface area contributed by atoms with Crippen LogP contribution in [0.25, 0.3) is 0 Å². The van der Waals surface area contributed by atoms with E-state index in [1.807, 2.05) is 19.1 Å². The van der Waals surface area contributed by atoms with E-state index in [1.54, 1.807) is 0 Å². The number of hydrogen-bond acceptors (Lipinski definition) is 5. The maximum absolute atomic E-state index is 12.9. The Balaban J connectivity index is 1.46. The van der Waals surface area contributed by atoms with E-state index in [2.05, 4.69) is 34.6 Å². The summed E-state index contributed by atoms with van der Waals surface area (Å²) in [5.41, 5.74) is -0.387. The summed E-state index contributed by atoms with van der Waals surface area (Å²) in [5, 5.41) is 33.0. The van der Waals surface area contributed by atoms with Crippen LogP contribution in [0.3, 0.4) is 0 Å². The second kappa shape index (κ2) is 12.7. The van der Waals surface area contributed by atoms with Crippen molar-refractivity contribution in [3.63, 3.8) is 0 Å². The van der Waals surface area contributed by atoms with Crippen LogP contribution in [0, 0.1) is 46.3 Å². The number of ketones is 2. The molecular weight excluding hydrogens is 512 g/mol. The van der Waals surface area contributed by atoms with Gasteiger partial charge in [0.15, 0.2) is 11.6 Å². The predicted molar refractivity (Wildman–Crippen MR) is 164 cm³/mol. The lowest BCUT2D eigenvalue weighted by Crippen LogP contribution is -2.62. The Hall–Kier alpha value is -1.30. The highest BCUT2D eigenvalue weighted by molar-refractivity contribution is 6.02. The topological polar surface area (TPSA) is 94.8 Å². The van der Waals surface area contributed by atoms with Crippen molar-refractivity contribution in [2.24, 2.45) is 46.3 Å². The molecule has 0 aromatic carbocycles. The molecule has 5 nitrogen and oxygen atoms in total. The zero-order valence-corrected chi connectivity index (χ0v) is 26.8. The van der Waals surface area contributed by atoms with Crippen molar-refractivity contribution in [3.8, 4) is 0 Å². The lowest BCUT2D eigenvalue weighted by Gasteiger charge is -2.61. The summed E-state index contributed by atoms with van der Waals surface area (Å²) in [6.45, 7) is 12.9. The van der Waals surface area contributed by atoms with Crippen LogP contribution in [0.4, 0.5) is 0 Å². The summed E-state index contributed by atoms with van der Waals surface area (Å²) < 4.78 is 0. The fraction of sp³-hybridized carbons (Fsp3) is 0.833. The molecule has 0 aromatic heterocycles. The Morgan fingerprint density at radius 1 is 1.00 bits per heavy atom. The van der Waals surface area contributed by atoms with Crippen LogP contribution >= 0.6 is 0 Å². The van der Waals surface area contributed by atoms with Gasteiger partial charge in [0.2, 0.25) is 0 Å². The molecule has 3 saturated carbocycles. The molecule has 0 aromatic rings. The van der Waals surface area contributed by atoms with Gasteiger partial charge in [0.25, 0.3) is 0 Å². The average Bonchev–Trinajstić information content (AvgIpc) is 3.19. The molecule has 0 radical (unpaired) electrons. The SMILES string of the molecule is CCC(C)CCCC(C)CCCC(C)CC1=CC(=O)C=C2CC[C@@H]3[C@H]([C@@H](O)C[C@@]4(C)[C@H]3CC[C@]4(O)C(=O)CO)[C@]21C. The Bertz CT molecular complexity index is 1030. The summed E-state index contributed by atoms with van der Waals surface area (Å²) >= 11 is 0. The summed E-state index contributed by atoms with van der Waals surface area (Å²) in [7, 11) is 0. The van der Waals surface area contributed by atoms with Crippen LogP contribution in [0.1, 0.15) is 125 Å². The first-order valence-electron chi connectivity index (χ1n) is 16.8. The third-order valence-corrected chi connectivity index (χ3v) is 12.6. The van der Waals surface area contributed by atoms with Gasteiger partial charge in [-0.2, -0.15) is 0 Å². The van der Waals surface area contributed by atoms with Crippen molar-refractivity contribution >= 4 is 11.6 Å². The fourth-order valence-corrected chi connectivity index (χ4v) is 9.86. The third-order valence-electron chi connectivity index (χ3n) is 12.6. The van der Waals surface area contributed by atoms with Crippen LogP contribution in [0.2, 0.25) is 0 Å². The number of carbonyl (C=O) groups excluding carboxylic acids is 2. The highest BCUT2D eigenvalue weighted by atomic mass is 16.3. The molecule has 3 N–H and O–H groups in total. The summed E-state index contributed by atoms with van der Waals surface area (Å²) in [6, 6.07) is 0. The fourth-order valence-electron chi connectivity index (χ4n) is 9.86. The van der Waals surface area contributed by atoms with Crippen molar-refractivity contribution in [2.45, 2.75) is 137 Å². The zero-order chi connectivity index (χ0) is 30.2. The largest absolute Gasteiger partial charge is 0.393 e. The minimum atomic E-state index is -1.59. The van der Waals surface area contributed by atoms with Crippen LogP contribution in [0.15, 0.2) is 23.3 Å². The molecule has 232 valence electrons. The van der Waals surface area contributed by atoms with Gasteiger partial charge in [-0.05, 0) is 80.3 Å². The van der Waals surface area contributed by atoms with Gasteiger partial charge >= 0.3 is 0 Å². The number of rotatable bonds is 13. The maximum atomic E-state index is 12.9. The van der Waals surface area contributed by atoms with Gasteiger partial charge in [-0.1, -0.05) is 97.6 Å².